The predicted octanol–water partition coefficient (Wildman–Crippen LogP) is 19.1. The number of hydrogen-bond acceptors (Lipinski definition) is 6. The van der Waals surface area contributed by atoms with Crippen LogP contribution in [0.5, 0.6) is 0 Å². The molecule has 0 amide bonds. The van der Waals surface area contributed by atoms with Crippen LogP contribution in [0.2, 0.25) is 0 Å². The van der Waals surface area contributed by atoms with Crippen LogP contribution in [0.3, 0.4) is 0 Å². The third-order valence-corrected chi connectivity index (χ3v) is 14.5. The lowest BCUT2D eigenvalue weighted by Gasteiger charge is -2.27. The normalized spacial score (nSPS) is 12.3. The Hall–Kier alpha value is -9.52. The molecule has 0 saturated heterocycles. The van der Waals surface area contributed by atoms with Crippen molar-refractivity contribution in [2.24, 2.45) is 0 Å². The summed E-state index contributed by atoms with van der Waals surface area (Å²) in [5.74, 6) is 0. The summed E-state index contributed by atoms with van der Waals surface area (Å²) < 4.78 is 27.0. The van der Waals surface area contributed by atoms with Gasteiger partial charge in [-0.1, -0.05) is 146 Å². The van der Waals surface area contributed by atoms with Crippen LogP contribution in [0.15, 0.2) is 236 Å². The Labute approximate surface area is 398 Å². The van der Waals surface area contributed by atoms with Gasteiger partial charge in [0.2, 0.25) is 0 Å². The van der Waals surface area contributed by atoms with Gasteiger partial charge < -0.3 is 27.5 Å². The zero-order chi connectivity index (χ0) is 45.6. The molecule has 70 heavy (non-hydrogen) atoms. The molecule has 0 radical (unpaired) electrons. The van der Waals surface area contributed by atoms with E-state index in [0.717, 1.165) is 143 Å². The van der Waals surface area contributed by atoms with Crippen molar-refractivity contribution in [3.63, 3.8) is 0 Å². The molecule has 0 atom stereocenters. The molecule has 0 aliphatic heterocycles. The van der Waals surface area contributed by atoms with Crippen molar-refractivity contribution >= 4 is 154 Å². The smallest absolute Gasteiger partial charge is 0.159 e. The first-order chi connectivity index (χ1) is 34.7. The number of para-hydroxylation sites is 8. The number of benzene rings is 12. The van der Waals surface area contributed by atoms with E-state index >= 15 is 0 Å². The van der Waals surface area contributed by atoms with Gasteiger partial charge in [-0.25, -0.2) is 0 Å². The standard InChI is InChI=1S/C64H36N2O4/c1-5-25-55-43(13-1)47-17-9-21-51(61(47)67-55)65(52-22-10-18-48-44-14-2-6-26-56(44)68-62(48)52)41-33-37-29-31-39-35-42(36-40-32-30-38(34-41)59(37)60(39)40)66(53-23-11-19-49-45-15-3-7-27-57(45)69-63(49)53)54-24-12-20-50-46-16-4-8-28-58(46)70-64(50)54/h1-36H. The van der Waals surface area contributed by atoms with Crippen LogP contribution < -0.4 is 9.80 Å². The van der Waals surface area contributed by atoms with Gasteiger partial charge in [0.25, 0.3) is 0 Å². The number of fused-ring (bicyclic) bond motifs is 12. The van der Waals surface area contributed by atoms with Gasteiger partial charge in [-0.2, -0.15) is 0 Å². The van der Waals surface area contributed by atoms with E-state index in [1.54, 1.807) is 0 Å². The highest BCUT2D eigenvalue weighted by Crippen LogP contribution is 2.51. The quantitative estimate of drug-likeness (QED) is 0.155. The molecule has 4 aromatic heterocycles. The Morgan fingerprint density at radius 3 is 0.743 bits per heavy atom. The predicted molar refractivity (Wildman–Crippen MR) is 289 cm³/mol. The summed E-state index contributed by atoms with van der Waals surface area (Å²) in [6.07, 6.45) is 0. The zero-order valence-corrected chi connectivity index (χ0v) is 37.3. The molecule has 0 unspecified atom stereocenters. The highest BCUT2D eigenvalue weighted by Gasteiger charge is 2.27. The molecular formula is C64H36N2O4. The van der Waals surface area contributed by atoms with Gasteiger partial charge in [0.15, 0.2) is 22.3 Å². The number of nitrogens with zero attached hydrogens (tertiary/aromatic N) is 2. The van der Waals surface area contributed by atoms with Crippen molar-refractivity contribution in [3.8, 4) is 0 Å². The summed E-state index contributed by atoms with van der Waals surface area (Å²) in [4.78, 5) is 4.63. The molecule has 6 nitrogen and oxygen atoms in total. The summed E-state index contributed by atoms with van der Waals surface area (Å²) in [5.41, 5.74) is 12.4. The van der Waals surface area contributed by atoms with Gasteiger partial charge in [-0.15, -0.1) is 0 Å². The van der Waals surface area contributed by atoms with Crippen LogP contribution in [0, 0.1) is 0 Å². The van der Waals surface area contributed by atoms with Gasteiger partial charge in [-0.05, 0) is 105 Å². The molecule has 6 heteroatoms. The molecule has 4 heterocycles. The highest BCUT2D eigenvalue weighted by atomic mass is 16.3. The number of hydrogen-bond donors (Lipinski definition) is 0. The fourth-order valence-corrected chi connectivity index (χ4v) is 11.5. The van der Waals surface area contributed by atoms with Gasteiger partial charge in [0, 0.05) is 54.5 Å². The topological polar surface area (TPSA) is 59.0 Å². The number of furan rings is 4. The van der Waals surface area contributed by atoms with E-state index < -0.39 is 0 Å². The summed E-state index contributed by atoms with van der Waals surface area (Å²) in [6, 6.07) is 77.1. The average Bonchev–Trinajstić information content (AvgIpc) is 4.19. The Morgan fingerprint density at radius 1 is 0.229 bits per heavy atom. The minimum Gasteiger partial charge on any atom is -0.454 e. The van der Waals surface area contributed by atoms with Crippen molar-refractivity contribution in [2.75, 3.05) is 9.80 Å². The first-order valence-electron chi connectivity index (χ1n) is 23.6. The van der Waals surface area contributed by atoms with Crippen LogP contribution in [0.25, 0.3) is 120 Å². The third-order valence-electron chi connectivity index (χ3n) is 14.5. The van der Waals surface area contributed by atoms with E-state index in [0.29, 0.717) is 0 Å². The van der Waals surface area contributed by atoms with E-state index in [2.05, 4.69) is 180 Å². The second-order valence-electron chi connectivity index (χ2n) is 18.3. The van der Waals surface area contributed by atoms with Crippen molar-refractivity contribution in [3.05, 3.63) is 218 Å². The molecule has 0 bridgehead atoms. The lowest BCUT2D eigenvalue weighted by atomic mass is 9.92. The van der Waals surface area contributed by atoms with Gasteiger partial charge in [0.1, 0.15) is 22.3 Å². The lowest BCUT2D eigenvalue weighted by Crippen LogP contribution is -2.11. The molecule has 16 aromatic rings. The second kappa shape index (κ2) is 14.0. The third kappa shape index (κ3) is 5.22. The van der Waals surface area contributed by atoms with Gasteiger partial charge in [-0.3, -0.25) is 0 Å². The SMILES string of the molecule is c1ccc2c(c1)oc1c(N(c3cc4ccc5cc(N(c6cccc7c6oc6ccccc67)c6cccc7c6oc6ccccc67)cc6ccc(c3)c4c56)c3cccc4c3oc3ccccc34)cccc12. The molecule has 0 fully saturated rings. The van der Waals surface area contributed by atoms with E-state index in [4.69, 9.17) is 17.7 Å². The summed E-state index contributed by atoms with van der Waals surface area (Å²) in [6.45, 7) is 0. The van der Waals surface area contributed by atoms with Crippen LogP contribution in [-0.4, -0.2) is 0 Å². The summed E-state index contributed by atoms with van der Waals surface area (Å²) in [5, 5.41) is 15.5. The van der Waals surface area contributed by atoms with E-state index in [9.17, 15) is 0 Å². The monoisotopic (exact) mass is 896 g/mol. The highest BCUT2D eigenvalue weighted by molar-refractivity contribution is 6.26. The van der Waals surface area contributed by atoms with Crippen LogP contribution in [0.4, 0.5) is 34.1 Å². The Balaban J connectivity index is 0.926. The largest absolute Gasteiger partial charge is 0.454 e. The minimum absolute atomic E-state index is 0.815. The second-order valence-corrected chi connectivity index (χ2v) is 18.3. The Morgan fingerprint density at radius 2 is 0.471 bits per heavy atom. The van der Waals surface area contributed by atoms with Crippen molar-refractivity contribution in [1.29, 1.82) is 0 Å². The molecule has 0 aliphatic carbocycles. The molecule has 0 spiro atoms. The minimum atomic E-state index is 0.815. The fraction of sp³-hybridized carbons (Fsp3) is 0. The maximum absolute atomic E-state index is 6.76. The molecule has 16 rings (SSSR count). The maximum atomic E-state index is 6.76. The first kappa shape index (κ1) is 37.6. The summed E-state index contributed by atoms with van der Waals surface area (Å²) >= 11 is 0. The van der Waals surface area contributed by atoms with Gasteiger partial charge in [0.05, 0.1) is 22.7 Å². The van der Waals surface area contributed by atoms with Crippen LogP contribution in [-0.2, 0) is 0 Å². The fourth-order valence-electron chi connectivity index (χ4n) is 11.5. The Kier molecular flexibility index (Phi) is 7.52. The van der Waals surface area contributed by atoms with Crippen molar-refractivity contribution < 1.29 is 17.7 Å². The van der Waals surface area contributed by atoms with E-state index in [1.807, 2.05) is 48.5 Å². The lowest BCUT2D eigenvalue weighted by molar-refractivity contribution is 0.665. The van der Waals surface area contributed by atoms with Gasteiger partial charge >= 0.3 is 0 Å². The molecule has 12 aromatic carbocycles. The maximum Gasteiger partial charge on any atom is 0.159 e. The molecular weight excluding hydrogens is 861 g/mol. The number of anilines is 6. The van der Waals surface area contributed by atoms with Crippen molar-refractivity contribution in [1.82, 2.24) is 0 Å². The zero-order valence-electron chi connectivity index (χ0n) is 37.3. The molecule has 0 N–H and O–H groups in total. The first-order valence-corrected chi connectivity index (χ1v) is 23.6. The van der Waals surface area contributed by atoms with Crippen molar-refractivity contribution in [2.45, 2.75) is 0 Å². The Bertz CT molecular complexity index is 4220. The molecule has 0 saturated carbocycles. The summed E-state index contributed by atoms with van der Waals surface area (Å²) in [7, 11) is 0. The van der Waals surface area contributed by atoms with Crippen LogP contribution >= 0.6 is 0 Å². The van der Waals surface area contributed by atoms with E-state index in [-0.39, 0.29) is 0 Å². The van der Waals surface area contributed by atoms with Crippen LogP contribution in [0.1, 0.15) is 0 Å². The molecule has 0 aliphatic rings. The number of rotatable bonds is 6. The average molecular weight is 897 g/mol. The van der Waals surface area contributed by atoms with E-state index in [1.165, 1.54) is 10.8 Å². The molecule has 326 valence electrons.